The van der Waals surface area contributed by atoms with E-state index in [4.69, 9.17) is 4.74 Å². The quantitative estimate of drug-likeness (QED) is 0.917. The predicted octanol–water partition coefficient (Wildman–Crippen LogP) is 4.17. The monoisotopic (exact) mass is 296 g/mol. The second-order valence-electron chi connectivity index (χ2n) is 4.70. The van der Waals surface area contributed by atoms with Crippen LogP contribution in [0, 0.1) is 6.92 Å². The lowest BCUT2D eigenvalue weighted by atomic mass is 10.1. The van der Waals surface area contributed by atoms with Crippen LogP contribution in [0.4, 0.5) is 13.2 Å². The molecular formula is C16H15F3O2. The molecule has 0 radical (unpaired) electrons. The molecule has 0 aliphatic heterocycles. The summed E-state index contributed by atoms with van der Waals surface area (Å²) >= 11 is 0. The Bertz CT molecular complexity index is 608. The third kappa shape index (κ3) is 3.76. The molecule has 0 aliphatic carbocycles. The van der Waals surface area contributed by atoms with Crippen LogP contribution in [0.2, 0.25) is 0 Å². The molecule has 2 rings (SSSR count). The number of aryl methyl sites for hydroxylation is 1. The van der Waals surface area contributed by atoms with Crippen LogP contribution in [-0.4, -0.2) is 11.3 Å². The zero-order valence-corrected chi connectivity index (χ0v) is 11.4. The largest absolute Gasteiger partial charge is 0.489 e. The molecule has 0 amide bonds. The van der Waals surface area contributed by atoms with Crippen molar-refractivity contribution in [3.63, 3.8) is 0 Å². The van der Waals surface area contributed by atoms with Crippen molar-refractivity contribution in [1.82, 2.24) is 0 Å². The highest BCUT2D eigenvalue weighted by atomic mass is 19.4. The summed E-state index contributed by atoms with van der Waals surface area (Å²) in [6.07, 6.45) is -7.27. The number of alkyl halides is 3. The van der Waals surface area contributed by atoms with Crippen LogP contribution in [0.25, 0.3) is 0 Å². The lowest BCUT2D eigenvalue weighted by Gasteiger charge is -2.18. The Kier molecular flexibility index (Phi) is 4.53. The zero-order chi connectivity index (χ0) is 15.5. The number of hydrogen-bond donors (Lipinski definition) is 1. The molecule has 2 aromatic rings. The minimum atomic E-state index is -4.72. The molecule has 2 nitrogen and oxygen atoms in total. The minimum absolute atomic E-state index is 0.0329. The van der Waals surface area contributed by atoms with Gasteiger partial charge in [-0.3, -0.25) is 0 Å². The van der Waals surface area contributed by atoms with Gasteiger partial charge in [0.15, 0.2) is 6.10 Å². The minimum Gasteiger partial charge on any atom is -0.489 e. The Hall–Kier alpha value is -2.01. The summed E-state index contributed by atoms with van der Waals surface area (Å²) in [4.78, 5) is 0. The van der Waals surface area contributed by atoms with Gasteiger partial charge < -0.3 is 9.84 Å². The predicted molar refractivity (Wildman–Crippen MR) is 73.0 cm³/mol. The molecule has 5 heteroatoms. The average Bonchev–Trinajstić information content (AvgIpc) is 2.45. The third-order valence-electron chi connectivity index (χ3n) is 3.17. The summed E-state index contributed by atoms with van der Waals surface area (Å²) in [6, 6.07) is 13.1. The molecule has 21 heavy (non-hydrogen) atoms. The van der Waals surface area contributed by atoms with Crippen LogP contribution in [0.15, 0.2) is 48.5 Å². The van der Waals surface area contributed by atoms with E-state index in [1.165, 1.54) is 18.2 Å². The maximum atomic E-state index is 12.6. The standard InChI is InChI=1S/C16H15F3O2/c1-11-6-2-3-7-12(11)10-21-14-9-5-4-8-13(14)15(20)16(17,18)19/h2-9,15,20H,10H2,1H3. The highest BCUT2D eigenvalue weighted by Gasteiger charge is 2.40. The zero-order valence-electron chi connectivity index (χ0n) is 11.4. The van der Waals surface area contributed by atoms with Crippen molar-refractivity contribution in [3.05, 3.63) is 65.2 Å². The highest BCUT2D eigenvalue weighted by molar-refractivity contribution is 5.36. The fourth-order valence-electron chi connectivity index (χ4n) is 1.94. The van der Waals surface area contributed by atoms with Crippen molar-refractivity contribution in [2.75, 3.05) is 0 Å². The number of ether oxygens (including phenoxy) is 1. The summed E-state index contributed by atoms with van der Waals surface area (Å²) in [6.45, 7) is 2.05. The molecule has 0 spiro atoms. The smallest absolute Gasteiger partial charge is 0.418 e. The summed E-state index contributed by atoms with van der Waals surface area (Å²) in [5, 5.41) is 9.38. The number of halogens is 3. The molecule has 0 saturated heterocycles. The average molecular weight is 296 g/mol. The fraction of sp³-hybridized carbons (Fsp3) is 0.250. The molecule has 0 fully saturated rings. The summed E-state index contributed by atoms with van der Waals surface area (Å²) < 4.78 is 43.4. The number of hydrogen-bond acceptors (Lipinski definition) is 2. The molecule has 2 aromatic carbocycles. The molecule has 1 unspecified atom stereocenters. The first-order chi connectivity index (χ1) is 9.89. The highest BCUT2D eigenvalue weighted by Crippen LogP contribution is 2.37. The van der Waals surface area contributed by atoms with Gasteiger partial charge in [0.2, 0.25) is 0 Å². The normalized spacial score (nSPS) is 13.0. The van der Waals surface area contributed by atoms with Gasteiger partial charge >= 0.3 is 6.18 Å². The van der Waals surface area contributed by atoms with Crippen molar-refractivity contribution < 1.29 is 23.0 Å². The summed E-state index contributed by atoms with van der Waals surface area (Å²) in [5.74, 6) is 0.0329. The van der Waals surface area contributed by atoms with Crippen molar-refractivity contribution in [2.24, 2.45) is 0 Å². The van der Waals surface area contributed by atoms with Gasteiger partial charge in [0.05, 0.1) is 0 Å². The van der Waals surface area contributed by atoms with Crippen molar-refractivity contribution in [2.45, 2.75) is 25.8 Å². The van der Waals surface area contributed by atoms with E-state index < -0.39 is 12.3 Å². The summed E-state index contributed by atoms with van der Waals surface area (Å²) in [7, 11) is 0. The molecule has 1 atom stereocenters. The van der Waals surface area contributed by atoms with Gasteiger partial charge in [0, 0.05) is 5.56 Å². The van der Waals surface area contributed by atoms with E-state index in [0.29, 0.717) is 0 Å². The lowest BCUT2D eigenvalue weighted by molar-refractivity contribution is -0.207. The number of aliphatic hydroxyl groups is 1. The van der Waals surface area contributed by atoms with E-state index in [2.05, 4.69) is 0 Å². The molecule has 0 saturated carbocycles. The molecule has 112 valence electrons. The van der Waals surface area contributed by atoms with E-state index in [0.717, 1.165) is 11.1 Å². The number of rotatable bonds is 4. The van der Waals surface area contributed by atoms with Crippen LogP contribution in [0.3, 0.4) is 0 Å². The van der Waals surface area contributed by atoms with E-state index in [-0.39, 0.29) is 17.9 Å². The van der Waals surface area contributed by atoms with E-state index >= 15 is 0 Å². The van der Waals surface area contributed by atoms with E-state index in [1.54, 1.807) is 6.07 Å². The lowest BCUT2D eigenvalue weighted by Crippen LogP contribution is -2.21. The van der Waals surface area contributed by atoms with Crippen molar-refractivity contribution in [3.8, 4) is 5.75 Å². The van der Waals surface area contributed by atoms with Gasteiger partial charge in [-0.25, -0.2) is 0 Å². The maximum Gasteiger partial charge on any atom is 0.418 e. The van der Waals surface area contributed by atoms with Gasteiger partial charge in [-0.2, -0.15) is 13.2 Å². The molecule has 0 bridgehead atoms. The Morgan fingerprint density at radius 2 is 1.67 bits per heavy atom. The number of aliphatic hydroxyl groups excluding tert-OH is 1. The first kappa shape index (κ1) is 15.4. The van der Waals surface area contributed by atoms with Gasteiger partial charge in [-0.1, -0.05) is 42.5 Å². The molecule has 0 aromatic heterocycles. The first-order valence-corrected chi connectivity index (χ1v) is 6.40. The topological polar surface area (TPSA) is 29.5 Å². The fourth-order valence-corrected chi connectivity index (χ4v) is 1.94. The third-order valence-corrected chi connectivity index (χ3v) is 3.17. The van der Waals surface area contributed by atoms with Crippen LogP contribution in [-0.2, 0) is 6.61 Å². The maximum absolute atomic E-state index is 12.6. The van der Waals surface area contributed by atoms with Crippen LogP contribution >= 0.6 is 0 Å². The van der Waals surface area contributed by atoms with E-state index in [1.807, 2.05) is 31.2 Å². The second kappa shape index (κ2) is 6.18. The van der Waals surface area contributed by atoms with E-state index in [9.17, 15) is 18.3 Å². The SMILES string of the molecule is Cc1ccccc1COc1ccccc1C(O)C(F)(F)F. The molecular weight excluding hydrogens is 281 g/mol. The number of benzene rings is 2. The Morgan fingerprint density at radius 1 is 1.05 bits per heavy atom. The van der Waals surface area contributed by atoms with Crippen molar-refractivity contribution in [1.29, 1.82) is 0 Å². The van der Waals surface area contributed by atoms with Crippen LogP contribution < -0.4 is 4.74 Å². The van der Waals surface area contributed by atoms with Crippen LogP contribution in [0.5, 0.6) is 5.75 Å². The molecule has 0 heterocycles. The summed E-state index contributed by atoms with van der Waals surface area (Å²) in [5.41, 5.74) is 1.60. The molecule has 1 N–H and O–H groups in total. The van der Waals surface area contributed by atoms with Crippen LogP contribution in [0.1, 0.15) is 22.8 Å². The van der Waals surface area contributed by atoms with Gasteiger partial charge in [0.25, 0.3) is 0 Å². The second-order valence-corrected chi connectivity index (χ2v) is 4.70. The number of para-hydroxylation sites is 1. The Labute approximate surface area is 120 Å². The van der Waals surface area contributed by atoms with Gasteiger partial charge in [-0.15, -0.1) is 0 Å². The first-order valence-electron chi connectivity index (χ1n) is 6.40. The van der Waals surface area contributed by atoms with Gasteiger partial charge in [0.1, 0.15) is 12.4 Å². The van der Waals surface area contributed by atoms with Gasteiger partial charge in [-0.05, 0) is 24.1 Å². The Morgan fingerprint density at radius 3 is 2.33 bits per heavy atom. The Balaban J connectivity index is 2.20. The molecule has 0 aliphatic rings. The van der Waals surface area contributed by atoms with Crippen molar-refractivity contribution >= 4 is 0 Å².